The van der Waals surface area contributed by atoms with Gasteiger partial charge in [0.1, 0.15) is 5.69 Å². The molecule has 0 bridgehead atoms. The Balaban J connectivity index is 0.00000200. The fourth-order valence-corrected chi connectivity index (χ4v) is 3.36. The molecule has 7 heteroatoms. The van der Waals surface area contributed by atoms with E-state index < -0.39 is 0 Å². The van der Waals surface area contributed by atoms with E-state index in [1.54, 1.807) is 11.3 Å². The fraction of sp³-hybridized carbons (Fsp3) is 0.714. The van der Waals surface area contributed by atoms with Crippen molar-refractivity contribution in [3.63, 3.8) is 0 Å². The third kappa shape index (κ3) is 4.81. The maximum atomic E-state index is 12.6. The second kappa shape index (κ2) is 8.93. The highest BCUT2D eigenvalue weighted by molar-refractivity contribution is 7.09. The van der Waals surface area contributed by atoms with E-state index in [1.165, 1.54) is 0 Å². The number of hydrogen-bond donors (Lipinski definition) is 1. The maximum Gasteiger partial charge on any atom is 0.273 e. The Hall–Kier alpha value is -0.360. The van der Waals surface area contributed by atoms with Gasteiger partial charge in [-0.3, -0.25) is 4.79 Å². The highest BCUT2D eigenvalue weighted by atomic mass is 35.5. The molecule has 4 nitrogen and oxygen atoms in total. The molecule has 2 atom stereocenters. The number of likely N-dealkylation sites (tertiary alicyclic amines) is 1. The molecule has 2 rings (SSSR count). The van der Waals surface area contributed by atoms with Crippen LogP contribution in [0.2, 0.25) is 0 Å². The van der Waals surface area contributed by atoms with Crippen molar-refractivity contribution in [3.8, 4) is 0 Å². The summed E-state index contributed by atoms with van der Waals surface area (Å²) in [5.74, 6) is 0.419. The van der Waals surface area contributed by atoms with Crippen molar-refractivity contribution in [2.75, 3.05) is 6.54 Å². The molecule has 2 heterocycles. The van der Waals surface area contributed by atoms with Crippen molar-refractivity contribution in [1.29, 1.82) is 0 Å². The fourth-order valence-electron chi connectivity index (χ4n) is 2.55. The van der Waals surface area contributed by atoms with Crippen LogP contribution in [-0.4, -0.2) is 34.4 Å². The second-order valence-electron chi connectivity index (χ2n) is 5.65. The zero-order valence-corrected chi connectivity index (χ0v) is 15.2. The molecule has 122 valence electrons. The highest BCUT2D eigenvalue weighted by Gasteiger charge is 2.30. The summed E-state index contributed by atoms with van der Waals surface area (Å²) in [5.41, 5.74) is 6.60. The highest BCUT2D eigenvalue weighted by Crippen LogP contribution is 2.24. The van der Waals surface area contributed by atoms with E-state index in [9.17, 15) is 4.79 Å². The molecule has 0 aromatic carbocycles. The van der Waals surface area contributed by atoms with Crippen molar-refractivity contribution in [1.82, 2.24) is 9.88 Å². The normalized spacial score (nSPS) is 19.7. The van der Waals surface area contributed by atoms with Gasteiger partial charge in [0.25, 0.3) is 5.91 Å². The van der Waals surface area contributed by atoms with Crippen LogP contribution in [0.15, 0.2) is 5.38 Å². The molecule has 0 spiro atoms. The summed E-state index contributed by atoms with van der Waals surface area (Å²) < 4.78 is 0. The van der Waals surface area contributed by atoms with E-state index in [0.717, 1.165) is 30.8 Å². The van der Waals surface area contributed by atoms with Crippen molar-refractivity contribution in [2.24, 2.45) is 5.73 Å². The Morgan fingerprint density at radius 2 is 2.05 bits per heavy atom. The van der Waals surface area contributed by atoms with Crippen LogP contribution in [0.1, 0.15) is 61.4 Å². The lowest BCUT2D eigenvalue weighted by molar-refractivity contribution is 0.0578. The summed E-state index contributed by atoms with van der Waals surface area (Å²) in [4.78, 5) is 19.0. The van der Waals surface area contributed by atoms with Gasteiger partial charge < -0.3 is 10.6 Å². The Labute approximate surface area is 143 Å². The van der Waals surface area contributed by atoms with E-state index >= 15 is 0 Å². The molecule has 1 aliphatic rings. The molecular formula is C14H25Cl2N3OS. The zero-order valence-electron chi connectivity index (χ0n) is 12.7. The lowest BCUT2D eigenvalue weighted by atomic mass is 9.96. The molecule has 21 heavy (non-hydrogen) atoms. The molecule has 2 unspecified atom stereocenters. The number of rotatable bonds is 3. The average molecular weight is 354 g/mol. The molecular weight excluding hydrogens is 329 g/mol. The summed E-state index contributed by atoms with van der Waals surface area (Å²) in [7, 11) is 0. The van der Waals surface area contributed by atoms with Gasteiger partial charge in [-0.05, 0) is 26.2 Å². The number of thiazole rings is 1. The van der Waals surface area contributed by atoms with Gasteiger partial charge in [0.15, 0.2) is 0 Å². The van der Waals surface area contributed by atoms with Crippen molar-refractivity contribution >= 4 is 42.1 Å². The van der Waals surface area contributed by atoms with E-state index in [1.807, 2.05) is 17.2 Å². The van der Waals surface area contributed by atoms with Crippen LogP contribution < -0.4 is 5.73 Å². The van der Waals surface area contributed by atoms with Gasteiger partial charge in [-0.2, -0.15) is 0 Å². The van der Waals surface area contributed by atoms with Gasteiger partial charge in [-0.1, -0.05) is 13.8 Å². The first kappa shape index (κ1) is 20.6. The van der Waals surface area contributed by atoms with Gasteiger partial charge in [0.2, 0.25) is 0 Å². The number of nitrogens with zero attached hydrogens (tertiary/aromatic N) is 2. The minimum Gasteiger partial charge on any atom is -0.333 e. The van der Waals surface area contributed by atoms with Crippen molar-refractivity contribution in [2.45, 2.75) is 58.0 Å². The predicted molar refractivity (Wildman–Crippen MR) is 93.0 cm³/mol. The minimum atomic E-state index is 0. The SMILES string of the molecule is CC(C)c1nc(C(=O)N2CCCCC2C(C)N)cs1.Cl.Cl. The van der Waals surface area contributed by atoms with E-state index in [-0.39, 0.29) is 42.8 Å². The van der Waals surface area contributed by atoms with Gasteiger partial charge in [0.05, 0.1) is 5.01 Å². The molecule has 0 radical (unpaired) electrons. The van der Waals surface area contributed by atoms with Crippen LogP contribution in [0.4, 0.5) is 0 Å². The second-order valence-corrected chi connectivity index (χ2v) is 6.54. The Morgan fingerprint density at radius 1 is 1.38 bits per heavy atom. The number of aromatic nitrogens is 1. The first-order chi connectivity index (χ1) is 9.00. The molecule has 1 saturated heterocycles. The van der Waals surface area contributed by atoms with Crippen LogP contribution in [0, 0.1) is 0 Å². The Bertz CT molecular complexity index is 451. The quantitative estimate of drug-likeness (QED) is 0.904. The van der Waals surface area contributed by atoms with Crippen LogP contribution in [0.25, 0.3) is 0 Å². The number of carbonyl (C=O) groups excluding carboxylic acids is 1. The molecule has 0 saturated carbocycles. The molecule has 0 aliphatic carbocycles. The standard InChI is InChI=1S/C14H23N3OS.2ClH/c1-9(2)13-16-11(8-19-13)14(18)17-7-5-4-6-12(17)10(3)15;;/h8-10,12H,4-7,15H2,1-3H3;2*1H. The van der Waals surface area contributed by atoms with Crippen LogP contribution in [-0.2, 0) is 0 Å². The van der Waals surface area contributed by atoms with E-state index in [2.05, 4.69) is 18.8 Å². The van der Waals surface area contributed by atoms with E-state index in [4.69, 9.17) is 5.73 Å². The largest absolute Gasteiger partial charge is 0.333 e. The summed E-state index contributed by atoms with van der Waals surface area (Å²) in [6.45, 7) is 6.98. The lowest BCUT2D eigenvalue weighted by Gasteiger charge is -2.37. The van der Waals surface area contributed by atoms with Crippen molar-refractivity contribution in [3.05, 3.63) is 16.1 Å². The summed E-state index contributed by atoms with van der Waals surface area (Å²) in [5, 5.41) is 2.91. The van der Waals surface area contributed by atoms with Gasteiger partial charge in [0, 0.05) is 29.9 Å². The third-order valence-electron chi connectivity index (χ3n) is 3.65. The summed E-state index contributed by atoms with van der Waals surface area (Å²) in [6, 6.07) is 0.179. The number of piperidine rings is 1. The molecule has 1 fully saturated rings. The van der Waals surface area contributed by atoms with Gasteiger partial charge in [-0.25, -0.2) is 4.98 Å². The third-order valence-corrected chi connectivity index (χ3v) is 4.80. The number of halogens is 2. The number of carbonyl (C=O) groups is 1. The maximum absolute atomic E-state index is 12.6. The first-order valence-corrected chi connectivity index (χ1v) is 7.90. The lowest BCUT2D eigenvalue weighted by Crippen LogP contribution is -2.51. The van der Waals surface area contributed by atoms with Gasteiger partial charge in [-0.15, -0.1) is 36.2 Å². The number of amides is 1. The Kier molecular flexibility index (Phi) is 8.78. The number of hydrogen-bond acceptors (Lipinski definition) is 4. The summed E-state index contributed by atoms with van der Waals surface area (Å²) in [6.07, 6.45) is 3.23. The smallest absolute Gasteiger partial charge is 0.273 e. The molecule has 1 amide bonds. The summed E-state index contributed by atoms with van der Waals surface area (Å²) >= 11 is 1.57. The first-order valence-electron chi connectivity index (χ1n) is 7.02. The molecule has 2 N–H and O–H groups in total. The average Bonchev–Trinajstić information content (AvgIpc) is 2.87. The predicted octanol–water partition coefficient (Wildman–Crippen LogP) is 3.45. The molecule has 1 aromatic heterocycles. The number of nitrogens with two attached hydrogens (primary N) is 1. The van der Waals surface area contributed by atoms with Crippen LogP contribution in [0.5, 0.6) is 0 Å². The molecule has 1 aromatic rings. The van der Waals surface area contributed by atoms with E-state index in [0.29, 0.717) is 11.6 Å². The van der Waals surface area contributed by atoms with Crippen LogP contribution >= 0.6 is 36.2 Å². The molecule has 1 aliphatic heterocycles. The van der Waals surface area contributed by atoms with Crippen LogP contribution in [0.3, 0.4) is 0 Å². The minimum absolute atomic E-state index is 0. The van der Waals surface area contributed by atoms with Crippen molar-refractivity contribution < 1.29 is 4.79 Å². The topological polar surface area (TPSA) is 59.2 Å². The Morgan fingerprint density at radius 3 is 2.57 bits per heavy atom. The van der Waals surface area contributed by atoms with Gasteiger partial charge >= 0.3 is 0 Å². The zero-order chi connectivity index (χ0) is 14.0. The monoisotopic (exact) mass is 353 g/mol.